The van der Waals surface area contributed by atoms with Crippen LogP contribution < -0.4 is 5.32 Å². The molecule has 112 valence electrons. The maximum Gasteiger partial charge on any atom is 0.128 e. The lowest BCUT2D eigenvalue weighted by Crippen LogP contribution is -2.47. The van der Waals surface area contributed by atoms with E-state index in [2.05, 4.69) is 31.0 Å². The molecular formula is C17H27FN2. The first-order chi connectivity index (χ1) is 9.63. The van der Waals surface area contributed by atoms with Crippen LogP contribution in [0.15, 0.2) is 24.3 Å². The maximum absolute atomic E-state index is 14.1. The largest absolute Gasteiger partial charge is 0.309 e. The van der Waals surface area contributed by atoms with E-state index in [1.165, 1.54) is 19.3 Å². The van der Waals surface area contributed by atoms with Crippen molar-refractivity contribution in [3.8, 4) is 0 Å². The van der Waals surface area contributed by atoms with Crippen LogP contribution in [0.4, 0.5) is 4.39 Å². The molecular weight excluding hydrogens is 251 g/mol. The molecule has 0 radical (unpaired) electrons. The molecule has 1 aliphatic rings. The van der Waals surface area contributed by atoms with Crippen LogP contribution in [0.2, 0.25) is 0 Å². The van der Waals surface area contributed by atoms with Crippen molar-refractivity contribution in [1.82, 2.24) is 10.2 Å². The Morgan fingerprint density at radius 3 is 2.50 bits per heavy atom. The maximum atomic E-state index is 14.1. The van der Waals surface area contributed by atoms with Gasteiger partial charge in [-0.15, -0.1) is 0 Å². The predicted octanol–water partition coefficient (Wildman–Crippen LogP) is 3.74. The smallest absolute Gasteiger partial charge is 0.128 e. The van der Waals surface area contributed by atoms with Crippen molar-refractivity contribution < 1.29 is 4.39 Å². The van der Waals surface area contributed by atoms with Gasteiger partial charge in [-0.05, 0) is 39.3 Å². The number of likely N-dealkylation sites (tertiary alicyclic amines) is 1. The van der Waals surface area contributed by atoms with Crippen LogP contribution >= 0.6 is 0 Å². The second kappa shape index (κ2) is 7.19. The Bertz CT molecular complexity index is 411. The number of halogens is 1. The lowest BCUT2D eigenvalue weighted by atomic mass is 9.95. The third kappa shape index (κ3) is 3.58. The van der Waals surface area contributed by atoms with Gasteiger partial charge in [0.1, 0.15) is 5.82 Å². The molecule has 1 aromatic rings. The summed E-state index contributed by atoms with van der Waals surface area (Å²) in [5.41, 5.74) is 0.791. The molecule has 1 fully saturated rings. The van der Waals surface area contributed by atoms with Crippen molar-refractivity contribution in [1.29, 1.82) is 0 Å². The van der Waals surface area contributed by atoms with Gasteiger partial charge < -0.3 is 5.32 Å². The number of likely N-dealkylation sites (N-methyl/N-ethyl adjacent to an activating group) is 1. The first-order valence-electron chi connectivity index (χ1n) is 7.87. The Morgan fingerprint density at radius 1 is 1.25 bits per heavy atom. The third-order valence-corrected chi connectivity index (χ3v) is 4.50. The van der Waals surface area contributed by atoms with Gasteiger partial charge in [0.05, 0.1) is 0 Å². The first-order valence-corrected chi connectivity index (χ1v) is 7.87. The van der Waals surface area contributed by atoms with E-state index >= 15 is 0 Å². The standard InChI is InChI=1S/C17H27FN2/c1-4-19-17(15-10-5-6-11-16(15)18)12-20-13(2)8-7-9-14(20)3/h5-6,10-11,13-14,17,19H,4,7-9,12H2,1-3H3. The quantitative estimate of drug-likeness (QED) is 0.882. The molecule has 0 saturated carbocycles. The highest BCUT2D eigenvalue weighted by Gasteiger charge is 2.28. The van der Waals surface area contributed by atoms with Crippen LogP contribution in [0, 0.1) is 5.82 Å². The van der Waals surface area contributed by atoms with Crippen LogP contribution in [0.5, 0.6) is 0 Å². The summed E-state index contributed by atoms with van der Waals surface area (Å²) in [6.45, 7) is 8.41. The molecule has 1 N–H and O–H groups in total. The second-order valence-corrected chi connectivity index (χ2v) is 5.96. The van der Waals surface area contributed by atoms with Gasteiger partial charge in [0.15, 0.2) is 0 Å². The summed E-state index contributed by atoms with van der Waals surface area (Å²) >= 11 is 0. The molecule has 2 rings (SSSR count). The van der Waals surface area contributed by atoms with Gasteiger partial charge >= 0.3 is 0 Å². The average Bonchev–Trinajstić information content (AvgIpc) is 2.43. The molecule has 0 spiro atoms. The van der Waals surface area contributed by atoms with Crippen molar-refractivity contribution in [2.75, 3.05) is 13.1 Å². The van der Waals surface area contributed by atoms with Crippen LogP contribution in [0.25, 0.3) is 0 Å². The van der Waals surface area contributed by atoms with E-state index in [0.29, 0.717) is 12.1 Å². The zero-order valence-electron chi connectivity index (χ0n) is 12.9. The van der Waals surface area contributed by atoms with E-state index in [4.69, 9.17) is 0 Å². The van der Waals surface area contributed by atoms with Gasteiger partial charge in [0, 0.05) is 30.2 Å². The Balaban J connectivity index is 2.15. The number of hydrogen-bond donors (Lipinski definition) is 1. The van der Waals surface area contributed by atoms with Gasteiger partial charge in [-0.3, -0.25) is 4.90 Å². The van der Waals surface area contributed by atoms with Gasteiger partial charge in [0.2, 0.25) is 0 Å². The number of benzene rings is 1. The number of piperidine rings is 1. The van der Waals surface area contributed by atoms with Gasteiger partial charge in [-0.1, -0.05) is 31.5 Å². The van der Waals surface area contributed by atoms with Crippen LogP contribution in [-0.2, 0) is 0 Å². The number of nitrogens with one attached hydrogen (secondary N) is 1. The molecule has 0 amide bonds. The van der Waals surface area contributed by atoms with E-state index in [9.17, 15) is 4.39 Å². The third-order valence-electron chi connectivity index (χ3n) is 4.50. The summed E-state index contributed by atoms with van der Waals surface area (Å²) < 4.78 is 14.1. The summed E-state index contributed by atoms with van der Waals surface area (Å²) in [5.74, 6) is -0.101. The normalized spacial score (nSPS) is 25.6. The average molecular weight is 278 g/mol. The van der Waals surface area contributed by atoms with Gasteiger partial charge in [-0.25, -0.2) is 4.39 Å². The lowest BCUT2D eigenvalue weighted by Gasteiger charge is -2.41. The monoisotopic (exact) mass is 278 g/mol. The van der Waals surface area contributed by atoms with Crippen LogP contribution in [0.1, 0.15) is 51.6 Å². The number of nitrogens with zero attached hydrogens (tertiary/aromatic N) is 1. The SMILES string of the molecule is CCNC(CN1C(C)CCCC1C)c1ccccc1F. The summed E-state index contributed by atoms with van der Waals surface area (Å²) in [5, 5.41) is 3.45. The van der Waals surface area contributed by atoms with E-state index < -0.39 is 0 Å². The van der Waals surface area contributed by atoms with Gasteiger partial charge in [0.25, 0.3) is 0 Å². The fourth-order valence-electron chi connectivity index (χ4n) is 3.32. The summed E-state index contributed by atoms with van der Waals surface area (Å²) in [4.78, 5) is 2.53. The van der Waals surface area contributed by atoms with Crippen molar-refractivity contribution in [2.45, 2.75) is 58.2 Å². The predicted molar refractivity (Wildman–Crippen MR) is 82.3 cm³/mol. The van der Waals surface area contributed by atoms with Crippen molar-refractivity contribution >= 4 is 0 Å². The van der Waals surface area contributed by atoms with E-state index in [1.54, 1.807) is 12.1 Å². The molecule has 1 aromatic carbocycles. The molecule has 0 aromatic heterocycles. The highest BCUT2D eigenvalue weighted by Crippen LogP contribution is 2.26. The summed E-state index contributed by atoms with van der Waals surface area (Å²) in [6, 6.07) is 8.40. The Kier molecular flexibility index (Phi) is 5.55. The Hall–Kier alpha value is -0.930. The molecule has 3 unspecified atom stereocenters. The Labute approximate surface area is 122 Å². The molecule has 3 atom stereocenters. The number of hydrogen-bond acceptors (Lipinski definition) is 2. The zero-order chi connectivity index (χ0) is 14.5. The fourth-order valence-corrected chi connectivity index (χ4v) is 3.32. The van der Waals surface area contributed by atoms with E-state index in [-0.39, 0.29) is 11.9 Å². The van der Waals surface area contributed by atoms with Crippen molar-refractivity contribution in [3.63, 3.8) is 0 Å². The molecule has 0 bridgehead atoms. The number of rotatable bonds is 5. The molecule has 3 heteroatoms. The first kappa shape index (κ1) is 15.5. The zero-order valence-corrected chi connectivity index (χ0v) is 12.9. The summed E-state index contributed by atoms with van der Waals surface area (Å²) in [7, 11) is 0. The molecule has 1 aliphatic heterocycles. The van der Waals surface area contributed by atoms with E-state index in [0.717, 1.165) is 18.7 Å². The fraction of sp³-hybridized carbons (Fsp3) is 0.647. The molecule has 1 saturated heterocycles. The highest BCUT2D eigenvalue weighted by molar-refractivity contribution is 5.21. The topological polar surface area (TPSA) is 15.3 Å². The minimum atomic E-state index is -0.101. The minimum absolute atomic E-state index is 0.0733. The van der Waals surface area contributed by atoms with Crippen LogP contribution in [0.3, 0.4) is 0 Å². The van der Waals surface area contributed by atoms with Crippen LogP contribution in [-0.4, -0.2) is 30.1 Å². The lowest BCUT2D eigenvalue weighted by molar-refractivity contribution is 0.0905. The minimum Gasteiger partial charge on any atom is -0.309 e. The second-order valence-electron chi connectivity index (χ2n) is 5.96. The van der Waals surface area contributed by atoms with Gasteiger partial charge in [-0.2, -0.15) is 0 Å². The molecule has 2 nitrogen and oxygen atoms in total. The highest BCUT2D eigenvalue weighted by atomic mass is 19.1. The Morgan fingerprint density at radius 2 is 1.90 bits per heavy atom. The molecule has 0 aliphatic carbocycles. The molecule has 20 heavy (non-hydrogen) atoms. The summed E-state index contributed by atoms with van der Waals surface area (Å²) in [6.07, 6.45) is 3.81. The van der Waals surface area contributed by atoms with Crippen molar-refractivity contribution in [3.05, 3.63) is 35.6 Å². The molecule has 1 heterocycles. The van der Waals surface area contributed by atoms with E-state index in [1.807, 2.05) is 12.1 Å². The van der Waals surface area contributed by atoms with Crippen molar-refractivity contribution in [2.24, 2.45) is 0 Å².